The van der Waals surface area contributed by atoms with E-state index in [4.69, 9.17) is 10.5 Å². The van der Waals surface area contributed by atoms with Gasteiger partial charge in [-0.05, 0) is 37.5 Å². The predicted octanol–water partition coefficient (Wildman–Crippen LogP) is 3.33. The number of pyridine rings is 1. The van der Waals surface area contributed by atoms with Crippen molar-refractivity contribution >= 4 is 10.9 Å². The monoisotopic (exact) mass is 270 g/mol. The first-order valence-corrected chi connectivity index (χ1v) is 7.38. The third kappa shape index (κ3) is 2.84. The summed E-state index contributed by atoms with van der Waals surface area (Å²) in [6.45, 7) is 3.29. The van der Waals surface area contributed by atoms with Gasteiger partial charge in [0.2, 0.25) is 0 Å². The number of nitrogens with zero attached hydrogens (tertiary/aromatic N) is 1. The lowest BCUT2D eigenvalue weighted by Gasteiger charge is -2.23. The van der Waals surface area contributed by atoms with Crippen LogP contribution < -0.4 is 5.73 Å². The van der Waals surface area contributed by atoms with Crippen LogP contribution in [0.2, 0.25) is 0 Å². The number of hydrogen-bond donors (Lipinski definition) is 1. The van der Waals surface area contributed by atoms with Crippen LogP contribution in [0.4, 0.5) is 0 Å². The molecule has 2 aromatic rings. The summed E-state index contributed by atoms with van der Waals surface area (Å²) in [4.78, 5) is 4.56. The summed E-state index contributed by atoms with van der Waals surface area (Å²) < 4.78 is 5.92. The van der Waals surface area contributed by atoms with Crippen LogP contribution in [0.3, 0.4) is 0 Å². The molecule has 0 spiro atoms. The maximum atomic E-state index is 6.33. The molecule has 1 saturated carbocycles. The van der Waals surface area contributed by atoms with Gasteiger partial charge in [-0.15, -0.1) is 0 Å². The lowest BCUT2D eigenvalue weighted by atomic mass is 10.0. The van der Waals surface area contributed by atoms with Crippen molar-refractivity contribution in [2.75, 3.05) is 6.61 Å². The SMILES string of the molecule is Cc1cc(COCC2(N)CCCC2)c2ccccc2n1. The number of aryl methyl sites for hydroxylation is 1. The van der Waals surface area contributed by atoms with Gasteiger partial charge in [0.15, 0.2) is 0 Å². The van der Waals surface area contributed by atoms with E-state index in [0.717, 1.165) is 24.1 Å². The lowest BCUT2D eigenvalue weighted by Crippen LogP contribution is -2.41. The maximum absolute atomic E-state index is 6.33. The molecule has 3 heteroatoms. The van der Waals surface area contributed by atoms with Crippen LogP contribution in [0.5, 0.6) is 0 Å². The Kier molecular flexibility index (Phi) is 3.72. The van der Waals surface area contributed by atoms with Crippen LogP contribution in [0, 0.1) is 6.92 Å². The molecule has 3 rings (SSSR count). The van der Waals surface area contributed by atoms with Gasteiger partial charge in [0, 0.05) is 16.6 Å². The molecule has 0 bridgehead atoms. The Labute approximate surface area is 120 Å². The molecule has 106 valence electrons. The number of hydrogen-bond acceptors (Lipinski definition) is 3. The van der Waals surface area contributed by atoms with Gasteiger partial charge in [0.1, 0.15) is 0 Å². The van der Waals surface area contributed by atoms with Crippen LogP contribution in [0.1, 0.15) is 36.9 Å². The number of aromatic nitrogens is 1. The molecule has 20 heavy (non-hydrogen) atoms. The number of rotatable bonds is 4. The summed E-state index contributed by atoms with van der Waals surface area (Å²) in [6, 6.07) is 10.3. The minimum atomic E-state index is -0.0993. The van der Waals surface area contributed by atoms with E-state index in [1.54, 1.807) is 0 Å². The Morgan fingerprint density at radius 2 is 2.00 bits per heavy atom. The first-order valence-electron chi connectivity index (χ1n) is 7.38. The summed E-state index contributed by atoms with van der Waals surface area (Å²) in [5, 5.41) is 1.18. The normalized spacial score (nSPS) is 17.7. The van der Waals surface area contributed by atoms with Gasteiger partial charge in [-0.1, -0.05) is 31.0 Å². The van der Waals surface area contributed by atoms with E-state index in [2.05, 4.69) is 17.1 Å². The minimum Gasteiger partial charge on any atom is -0.375 e. The second-order valence-corrected chi connectivity index (χ2v) is 6.00. The van der Waals surface area contributed by atoms with Crippen molar-refractivity contribution in [3.63, 3.8) is 0 Å². The zero-order valence-corrected chi connectivity index (χ0v) is 12.1. The summed E-state index contributed by atoms with van der Waals surface area (Å²) in [6.07, 6.45) is 4.64. The Hall–Kier alpha value is -1.45. The van der Waals surface area contributed by atoms with Gasteiger partial charge in [-0.2, -0.15) is 0 Å². The molecule has 1 heterocycles. The van der Waals surface area contributed by atoms with E-state index < -0.39 is 0 Å². The van der Waals surface area contributed by atoms with Gasteiger partial charge in [0.25, 0.3) is 0 Å². The van der Waals surface area contributed by atoms with Crippen molar-refractivity contribution in [1.82, 2.24) is 4.98 Å². The second kappa shape index (κ2) is 5.51. The fourth-order valence-electron chi connectivity index (χ4n) is 3.10. The highest BCUT2D eigenvalue weighted by molar-refractivity contribution is 5.82. The number of ether oxygens (including phenoxy) is 1. The van der Waals surface area contributed by atoms with E-state index in [0.29, 0.717) is 13.2 Å². The predicted molar refractivity (Wildman–Crippen MR) is 81.5 cm³/mol. The molecule has 0 radical (unpaired) electrons. The van der Waals surface area contributed by atoms with E-state index in [9.17, 15) is 0 Å². The van der Waals surface area contributed by atoms with E-state index in [1.165, 1.54) is 23.8 Å². The quantitative estimate of drug-likeness (QED) is 0.927. The third-order valence-electron chi connectivity index (χ3n) is 4.18. The van der Waals surface area contributed by atoms with Gasteiger partial charge >= 0.3 is 0 Å². The topological polar surface area (TPSA) is 48.1 Å². The Balaban J connectivity index is 1.74. The van der Waals surface area contributed by atoms with Crippen molar-refractivity contribution in [3.8, 4) is 0 Å². The Bertz CT molecular complexity index is 603. The molecule has 0 aliphatic heterocycles. The highest BCUT2D eigenvalue weighted by Gasteiger charge is 2.29. The summed E-state index contributed by atoms with van der Waals surface area (Å²) in [7, 11) is 0. The van der Waals surface area contributed by atoms with Crippen molar-refractivity contribution < 1.29 is 4.74 Å². The second-order valence-electron chi connectivity index (χ2n) is 6.00. The van der Waals surface area contributed by atoms with Crippen molar-refractivity contribution in [2.45, 2.75) is 44.8 Å². The highest BCUT2D eigenvalue weighted by atomic mass is 16.5. The average Bonchev–Trinajstić information content (AvgIpc) is 2.85. The zero-order valence-electron chi connectivity index (χ0n) is 12.1. The maximum Gasteiger partial charge on any atom is 0.0725 e. The molecular weight excluding hydrogens is 248 g/mol. The number of para-hydroxylation sites is 1. The van der Waals surface area contributed by atoms with Gasteiger partial charge in [-0.3, -0.25) is 4.98 Å². The van der Waals surface area contributed by atoms with E-state index in [1.807, 2.05) is 25.1 Å². The first-order chi connectivity index (χ1) is 9.66. The molecule has 0 saturated heterocycles. The lowest BCUT2D eigenvalue weighted by molar-refractivity contribution is 0.0757. The van der Waals surface area contributed by atoms with Crippen molar-refractivity contribution in [2.24, 2.45) is 5.73 Å². The molecule has 1 aromatic carbocycles. The standard InChI is InChI=1S/C17H22N2O/c1-13-10-14(15-6-2-3-7-16(15)19-13)11-20-12-17(18)8-4-5-9-17/h2-3,6-7,10H,4-5,8-9,11-12,18H2,1H3. The van der Waals surface area contributed by atoms with E-state index >= 15 is 0 Å². The molecule has 0 unspecified atom stereocenters. The largest absolute Gasteiger partial charge is 0.375 e. The highest BCUT2D eigenvalue weighted by Crippen LogP contribution is 2.28. The van der Waals surface area contributed by atoms with Crippen LogP contribution >= 0.6 is 0 Å². The molecule has 0 amide bonds. The van der Waals surface area contributed by atoms with Crippen molar-refractivity contribution in [1.29, 1.82) is 0 Å². The fourth-order valence-corrected chi connectivity index (χ4v) is 3.10. The number of nitrogens with two attached hydrogens (primary N) is 1. The van der Waals surface area contributed by atoms with Crippen molar-refractivity contribution in [3.05, 3.63) is 41.6 Å². The van der Waals surface area contributed by atoms with Crippen LogP contribution in [-0.2, 0) is 11.3 Å². The smallest absolute Gasteiger partial charge is 0.0725 e. The summed E-state index contributed by atoms with van der Waals surface area (Å²) >= 11 is 0. The molecule has 3 nitrogen and oxygen atoms in total. The first kappa shape index (κ1) is 13.5. The van der Waals surface area contributed by atoms with Gasteiger partial charge < -0.3 is 10.5 Å². The average molecular weight is 270 g/mol. The molecule has 1 fully saturated rings. The fraction of sp³-hybridized carbons (Fsp3) is 0.471. The molecule has 1 aromatic heterocycles. The Morgan fingerprint density at radius 1 is 1.25 bits per heavy atom. The minimum absolute atomic E-state index is 0.0993. The molecule has 0 atom stereocenters. The molecule has 1 aliphatic carbocycles. The van der Waals surface area contributed by atoms with Crippen LogP contribution in [-0.4, -0.2) is 17.1 Å². The zero-order chi connectivity index (χ0) is 14.0. The summed E-state index contributed by atoms with van der Waals surface area (Å²) in [5.41, 5.74) is 9.50. The molecular formula is C17H22N2O. The number of benzene rings is 1. The molecule has 1 aliphatic rings. The number of fused-ring (bicyclic) bond motifs is 1. The molecule has 2 N–H and O–H groups in total. The Morgan fingerprint density at radius 3 is 2.80 bits per heavy atom. The van der Waals surface area contributed by atoms with E-state index in [-0.39, 0.29) is 5.54 Å². The van der Waals surface area contributed by atoms with Gasteiger partial charge in [0.05, 0.1) is 18.7 Å². The van der Waals surface area contributed by atoms with Crippen LogP contribution in [0.15, 0.2) is 30.3 Å². The van der Waals surface area contributed by atoms with Crippen LogP contribution in [0.25, 0.3) is 10.9 Å². The summed E-state index contributed by atoms with van der Waals surface area (Å²) in [5.74, 6) is 0. The van der Waals surface area contributed by atoms with Gasteiger partial charge in [-0.25, -0.2) is 0 Å². The third-order valence-corrected chi connectivity index (χ3v) is 4.18.